The smallest absolute Gasteiger partial charge is 0.355 e. The Hall–Kier alpha value is -11.5. The molecule has 3 aliphatic heterocycles. The van der Waals surface area contributed by atoms with E-state index in [2.05, 4.69) is 90.3 Å². The van der Waals surface area contributed by atoms with Crippen molar-refractivity contribution < 1.29 is 78.9 Å². The van der Waals surface area contributed by atoms with Crippen LogP contribution in [-0.2, 0) is 19.2 Å². The van der Waals surface area contributed by atoms with Crippen LogP contribution in [0, 0.1) is 11.6 Å². The summed E-state index contributed by atoms with van der Waals surface area (Å²) in [5, 5.41) is 16.2. The van der Waals surface area contributed by atoms with E-state index in [1.807, 2.05) is 41.2 Å². The minimum atomic E-state index is -4.55. The first-order chi connectivity index (χ1) is 56.6. The summed E-state index contributed by atoms with van der Waals surface area (Å²) < 4.78 is 143. The molecule has 15 heterocycles. The number of fused-ring (bicyclic) bond motifs is 4. The van der Waals surface area contributed by atoms with Gasteiger partial charge >= 0.3 is 18.5 Å². The number of amides is 4. The lowest BCUT2D eigenvalue weighted by Crippen LogP contribution is -2.55. The van der Waals surface area contributed by atoms with Gasteiger partial charge in [-0.2, -0.15) is 39.5 Å². The fourth-order valence-corrected chi connectivity index (χ4v) is 15.4. The van der Waals surface area contributed by atoms with E-state index in [1.165, 1.54) is 30.4 Å². The molecule has 4 aliphatic rings. The lowest BCUT2D eigenvalue weighted by atomic mass is 9.80. The van der Waals surface area contributed by atoms with Crippen LogP contribution in [0.3, 0.4) is 0 Å². The maximum Gasteiger partial charge on any atom is 0.405 e. The van der Waals surface area contributed by atoms with Gasteiger partial charge < -0.3 is 61.2 Å². The zero-order chi connectivity index (χ0) is 84.9. The number of halogens is 15. The van der Waals surface area contributed by atoms with Crippen LogP contribution < -0.4 is 41.3 Å². The quantitative estimate of drug-likeness (QED) is 0.0382. The first kappa shape index (κ1) is 85.4. The van der Waals surface area contributed by atoms with Gasteiger partial charge in [0.25, 0.3) is 0 Å². The molecule has 3 saturated heterocycles. The van der Waals surface area contributed by atoms with E-state index < -0.39 is 84.1 Å². The van der Waals surface area contributed by atoms with Gasteiger partial charge in [-0.15, -0.1) is 0 Å². The molecule has 0 aromatic carbocycles. The number of aromatic amines is 4. The molecular formula is C76H89Cl4F11N24O4. The van der Waals surface area contributed by atoms with Gasteiger partial charge in [0.15, 0.2) is 46.6 Å². The monoisotopic (exact) mass is 1750 g/mol. The lowest BCUT2D eigenvalue weighted by Gasteiger charge is -2.37. The van der Waals surface area contributed by atoms with Gasteiger partial charge in [0.05, 0.1) is 32.5 Å². The van der Waals surface area contributed by atoms with Crippen molar-refractivity contribution in [3.8, 4) is 45.6 Å². The van der Waals surface area contributed by atoms with E-state index in [9.17, 15) is 67.5 Å². The van der Waals surface area contributed by atoms with Crippen molar-refractivity contribution in [1.82, 2.24) is 101 Å². The van der Waals surface area contributed by atoms with Gasteiger partial charge in [0.2, 0.25) is 23.6 Å². The number of nitrogens with zero attached hydrogens (tertiary/aromatic N) is 15. The van der Waals surface area contributed by atoms with Crippen molar-refractivity contribution in [2.45, 2.75) is 133 Å². The van der Waals surface area contributed by atoms with E-state index in [-0.39, 0.29) is 72.5 Å². The van der Waals surface area contributed by atoms with Crippen molar-refractivity contribution in [1.29, 1.82) is 0 Å². The number of anilines is 4. The molecule has 119 heavy (non-hydrogen) atoms. The van der Waals surface area contributed by atoms with E-state index in [1.54, 1.807) is 73.3 Å². The van der Waals surface area contributed by atoms with Crippen LogP contribution in [0.5, 0.6) is 0 Å². The molecule has 43 heteroatoms. The number of hydrogen-bond acceptors (Lipinski definition) is 20. The van der Waals surface area contributed by atoms with Crippen LogP contribution >= 0.6 is 46.4 Å². The Bertz CT molecular complexity index is 5770. The third-order valence-corrected chi connectivity index (χ3v) is 21.4. The number of alkyl halides is 9. The van der Waals surface area contributed by atoms with Crippen molar-refractivity contribution >= 4 is 137 Å². The van der Waals surface area contributed by atoms with Crippen LogP contribution in [-0.4, -0.2) is 190 Å². The first-order valence-corrected chi connectivity index (χ1v) is 38.8. The maximum atomic E-state index is 14.7. The number of aromatic nitrogens is 16. The molecule has 0 spiro atoms. The zero-order valence-electron chi connectivity index (χ0n) is 63.2. The Morgan fingerprint density at radius 1 is 0.471 bits per heavy atom. The topological polar surface area (TPSA) is 356 Å². The fraction of sp³-hybridized carbons (Fsp3) is 0.368. The van der Waals surface area contributed by atoms with Gasteiger partial charge in [-0.05, 0) is 109 Å². The van der Waals surface area contributed by atoms with E-state index >= 15 is 0 Å². The number of rotatable bonds is 17. The molecule has 4 amide bonds. The lowest BCUT2D eigenvalue weighted by molar-refractivity contribution is -0.141. The highest BCUT2D eigenvalue weighted by molar-refractivity contribution is 6.32. The minimum absolute atomic E-state index is 0. The van der Waals surface area contributed by atoms with Gasteiger partial charge in [-0.3, -0.25) is 19.2 Å². The molecule has 0 radical (unpaired) electrons. The number of carbonyl (C=O) groups is 4. The Kier molecular flexibility index (Phi) is 25.3. The predicted octanol–water partition coefficient (Wildman–Crippen LogP) is 16.9. The van der Waals surface area contributed by atoms with Gasteiger partial charge in [-0.25, -0.2) is 68.6 Å². The SMILES string of the molecule is CC1(C(=O)NCC(F)(F)F)CCCN1c1nc(-c2c[nH]c3ncc(Cl)cc23)ncc1F.CCNC(=O)[C@H]1CCCN1c1ccnc(-c2c[nH]c3ncc(Cl)cc23)n1.C[C@@]1(C(=O)NCC(F)(F)F)CCCN1c1ccnc(-c2c[nH]c3ncc(Cl)cc23)n1.O=C(NCC(F)(F)F)C1(Nc2nc(-c3c[nH]c4ncc(Cl)cc34)ncc2F)CCCCC1.[HH].[HH].[HH].[HH].[HH].[HH].[HH].[HH]. The second-order valence-electron chi connectivity index (χ2n) is 28.7. The summed E-state index contributed by atoms with van der Waals surface area (Å²) in [5.74, 6) is -1.82. The van der Waals surface area contributed by atoms with Gasteiger partial charge in [0.1, 0.15) is 76.5 Å². The maximum absolute atomic E-state index is 14.7. The van der Waals surface area contributed by atoms with Gasteiger partial charge in [0, 0.05) is 143 Å². The van der Waals surface area contributed by atoms with Crippen molar-refractivity contribution in [3.63, 3.8) is 0 Å². The summed E-state index contributed by atoms with van der Waals surface area (Å²) in [6.07, 6.45) is 10.6. The summed E-state index contributed by atoms with van der Waals surface area (Å²) in [4.78, 5) is 119. The summed E-state index contributed by atoms with van der Waals surface area (Å²) in [6, 6.07) is 10.2. The average Bonchev–Trinajstić information content (AvgIpc) is 1.61. The highest BCUT2D eigenvalue weighted by atomic mass is 35.5. The molecule has 642 valence electrons. The molecule has 28 nitrogen and oxygen atoms in total. The van der Waals surface area contributed by atoms with Crippen LogP contribution in [0.2, 0.25) is 20.1 Å². The number of pyridine rings is 4. The molecule has 9 N–H and O–H groups in total. The summed E-state index contributed by atoms with van der Waals surface area (Å²) in [7, 11) is 0. The van der Waals surface area contributed by atoms with Crippen molar-refractivity contribution in [2.75, 3.05) is 65.8 Å². The third kappa shape index (κ3) is 19.5. The second kappa shape index (κ2) is 35.2. The molecule has 12 aromatic heterocycles. The Morgan fingerprint density at radius 2 is 0.874 bits per heavy atom. The molecule has 1 unspecified atom stereocenters. The minimum Gasteiger partial charge on any atom is -0.355 e. The molecule has 1 saturated carbocycles. The predicted molar refractivity (Wildman–Crippen MR) is 441 cm³/mol. The Labute approximate surface area is 700 Å². The van der Waals surface area contributed by atoms with E-state index in [4.69, 9.17) is 51.4 Å². The molecule has 0 bridgehead atoms. The van der Waals surface area contributed by atoms with E-state index in [0.717, 1.165) is 66.0 Å². The van der Waals surface area contributed by atoms with Crippen LogP contribution in [0.25, 0.3) is 89.7 Å². The summed E-state index contributed by atoms with van der Waals surface area (Å²) in [6.45, 7) is 2.92. The van der Waals surface area contributed by atoms with Crippen LogP contribution in [0.15, 0.2) is 111 Å². The zero-order valence-corrected chi connectivity index (χ0v) is 66.2. The number of hydrogen-bond donors (Lipinski definition) is 9. The van der Waals surface area contributed by atoms with Crippen molar-refractivity contribution in [3.05, 3.63) is 142 Å². The molecule has 16 rings (SSSR count). The van der Waals surface area contributed by atoms with Gasteiger partial charge in [-0.1, -0.05) is 65.7 Å². The van der Waals surface area contributed by atoms with Crippen molar-refractivity contribution in [2.24, 2.45) is 0 Å². The number of H-pyrrole nitrogens is 4. The molecule has 1 aliphatic carbocycles. The normalized spacial score (nSPS) is 18.0. The largest absolute Gasteiger partial charge is 0.405 e. The molecule has 4 fully saturated rings. The summed E-state index contributed by atoms with van der Waals surface area (Å²) in [5.41, 5.74) is 1.06. The highest BCUT2D eigenvalue weighted by Gasteiger charge is 2.48. The van der Waals surface area contributed by atoms with Crippen LogP contribution in [0.4, 0.5) is 71.6 Å². The number of likely N-dealkylation sites (N-methyl/N-ethyl adjacent to an activating group) is 1. The van der Waals surface area contributed by atoms with Crippen LogP contribution in [0.1, 0.15) is 103 Å². The number of carbonyl (C=O) groups excluding carboxylic acids is 4. The second-order valence-corrected chi connectivity index (χ2v) is 30.5. The third-order valence-electron chi connectivity index (χ3n) is 20.5. The first-order valence-electron chi connectivity index (χ1n) is 37.3. The standard InChI is InChI=1S/C20H19ClF4N6O.C19H17ClF4N6O.C19H18ClF3N6O.C18H19ClN6O.8H2/c21-11-6-12-13(8-27-15(12)26-7-11)16-28-9-14(22)17(30-16)31-19(4-2-1-3-5-19)18(32)29-10-20(23,24)25;1-18(17(31)28-9-19(22,23)24)3-2-4-30(18)16-13(21)8-27-15(29-16)12-7-26-14-11(12)5-10(20)6-25-14;1-18(17(30)27-10-19(21,22)23)4-2-6-29(18)14-3-5-24-16(28-14)13-9-26-15-12(13)7-11(20)8-25-15;1-2-20-18(26)14-4-3-7-25(14)15-5-6-21-17(24-15)13-10-23-16-12(13)8-11(19)9-22-16;;;;;;;;/h6-9H,1-5,10H2,(H,26,27)(H,29,32)(H,28,30,31);5-8H,2-4,9H2,1H3,(H,25,26)(H,28,31);3,5,7-9H,2,4,6,10H2,1H3,(H,25,26)(H,27,30);5-6,8-10,14H,2-4,7H2,1H3,(H,20,26)(H,22,23);8*1H/t;;18-;14-;;;;;;;;/m..01......../s1. The molecule has 12 aromatic rings. The molecule has 3 atom stereocenters. The van der Waals surface area contributed by atoms with E-state index in [0.29, 0.717) is 127 Å². The fourth-order valence-electron chi connectivity index (χ4n) is 14.8. The Morgan fingerprint density at radius 3 is 1.33 bits per heavy atom. The Balaban J connectivity index is 0.000000295. The molecular weight excluding hydrogens is 1660 g/mol. The average molecular weight is 1750 g/mol. The highest BCUT2D eigenvalue weighted by Crippen LogP contribution is 2.41. The summed E-state index contributed by atoms with van der Waals surface area (Å²) >= 11 is 24.2. The number of nitrogens with one attached hydrogen (secondary N) is 9.